The van der Waals surface area contributed by atoms with E-state index < -0.39 is 0 Å². The summed E-state index contributed by atoms with van der Waals surface area (Å²) in [6, 6.07) is 10.3. The average Bonchev–Trinajstić information content (AvgIpc) is 3.36. The standard InChI is InChI=1S/C23H33N7O.HI/c1-24-23(25-18-20-7-5-8-21(17-20)30-12-6-9-26-30)29-15-13-27(14-16-29)19-22(31)28-10-3-2-4-11-28;/h5-9,12,17H,2-4,10-11,13-16,18-19H2,1H3,(H,24,25);1H. The molecule has 4 rings (SSSR count). The molecule has 2 saturated heterocycles. The summed E-state index contributed by atoms with van der Waals surface area (Å²) < 4.78 is 1.86. The molecule has 1 aromatic carbocycles. The Morgan fingerprint density at radius 3 is 2.50 bits per heavy atom. The molecule has 0 aliphatic carbocycles. The van der Waals surface area contributed by atoms with Gasteiger partial charge in [0.1, 0.15) is 0 Å². The molecule has 3 heterocycles. The molecule has 0 saturated carbocycles. The van der Waals surface area contributed by atoms with Crippen molar-refractivity contribution in [2.75, 3.05) is 52.9 Å². The van der Waals surface area contributed by atoms with Crippen LogP contribution in [0.4, 0.5) is 0 Å². The van der Waals surface area contributed by atoms with Crippen LogP contribution in [-0.2, 0) is 11.3 Å². The SMILES string of the molecule is CN=C(NCc1cccc(-n2cccn2)c1)N1CCN(CC(=O)N2CCCCC2)CC1.I. The number of nitrogens with one attached hydrogen (secondary N) is 1. The van der Waals surface area contributed by atoms with Gasteiger partial charge in [0.15, 0.2) is 5.96 Å². The van der Waals surface area contributed by atoms with Gasteiger partial charge in [-0.25, -0.2) is 4.68 Å². The van der Waals surface area contributed by atoms with E-state index in [1.54, 1.807) is 6.20 Å². The first-order valence-electron chi connectivity index (χ1n) is 11.3. The Balaban J connectivity index is 0.00000289. The van der Waals surface area contributed by atoms with Crippen molar-refractivity contribution in [3.8, 4) is 5.69 Å². The predicted octanol–water partition coefficient (Wildman–Crippen LogP) is 2.20. The molecule has 1 N–H and O–H groups in total. The van der Waals surface area contributed by atoms with E-state index in [-0.39, 0.29) is 29.9 Å². The summed E-state index contributed by atoms with van der Waals surface area (Å²) >= 11 is 0. The second-order valence-electron chi connectivity index (χ2n) is 8.23. The van der Waals surface area contributed by atoms with E-state index in [9.17, 15) is 4.79 Å². The lowest BCUT2D eigenvalue weighted by Crippen LogP contribution is -2.54. The summed E-state index contributed by atoms with van der Waals surface area (Å²) in [6.45, 7) is 6.62. The van der Waals surface area contributed by atoms with Crippen LogP contribution in [-0.4, -0.2) is 89.2 Å². The first-order chi connectivity index (χ1) is 15.2. The van der Waals surface area contributed by atoms with Crippen LogP contribution in [0.2, 0.25) is 0 Å². The normalized spacial score (nSPS) is 17.7. The number of aliphatic imine (C=N–C) groups is 1. The fourth-order valence-corrected chi connectivity index (χ4v) is 4.30. The van der Waals surface area contributed by atoms with Crippen LogP contribution in [0.15, 0.2) is 47.7 Å². The molecule has 0 bridgehead atoms. The zero-order chi connectivity index (χ0) is 21.5. The van der Waals surface area contributed by atoms with Gasteiger partial charge in [0.05, 0.1) is 12.2 Å². The van der Waals surface area contributed by atoms with E-state index in [0.717, 1.165) is 63.8 Å². The molecule has 8 nitrogen and oxygen atoms in total. The molecule has 2 aromatic rings. The molecule has 2 fully saturated rings. The number of hydrogen-bond donors (Lipinski definition) is 1. The Kier molecular flexibility index (Phi) is 9.34. The molecular weight excluding hydrogens is 517 g/mol. The molecule has 2 aliphatic rings. The van der Waals surface area contributed by atoms with Crippen LogP contribution in [0, 0.1) is 0 Å². The number of hydrogen-bond acceptors (Lipinski definition) is 4. The van der Waals surface area contributed by atoms with Crippen LogP contribution >= 0.6 is 24.0 Å². The summed E-state index contributed by atoms with van der Waals surface area (Å²) in [5.74, 6) is 1.19. The minimum Gasteiger partial charge on any atom is -0.352 e. The van der Waals surface area contributed by atoms with Crippen molar-refractivity contribution in [1.29, 1.82) is 0 Å². The third-order valence-corrected chi connectivity index (χ3v) is 6.08. The molecule has 174 valence electrons. The van der Waals surface area contributed by atoms with Gasteiger partial charge in [-0.05, 0) is 43.0 Å². The summed E-state index contributed by atoms with van der Waals surface area (Å²) in [5, 5.41) is 7.79. The van der Waals surface area contributed by atoms with Gasteiger partial charge in [0.25, 0.3) is 0 Å². The maximum absolute atomic E-state index is 12.5. The summed E-state index contributed by atoms with van der Waals surface area (Å²) in [6.07, 6.45) is 7.27. The maximum Gasteiger partial charge on any atom is 0.236 e. The van der Waals surface area contributed by atoms with Crippen LogP contribution in [0.3, 0.4) is 0 Å². The lowest BCUT2D eigenvalue weighted by Gasteiger charge is -2.37. The minimum atomic E-state index is 0. The van der Waals surface area contributed by atoms with Crippen molar-refractivity contribution in [3.05, 3.63) is 48.3 Å². The number of rotatable bonds is 5. The van der Waals surface area contributed by atoms with Crippen LogP contribution in [0.5, 0.6) is 0 Å². The molecule has 0 atom stereocenters. The van der Waals surface area contributed by atoms with Gasteiger partial charge in [-0.3, -0.25) is 14.7 Å². The second kappa shape index (κ2) is 12.2. The second-order valence-corrected chi connectivity index (χ2v) is 8.23. The highest BCUT2D eigenvalue weighted by Crippen LogP contribution is 2.12. The van der Waals surface area contributed by atoms with Gasteiger partial charge in [-0.1, -0.05) is 12.1 Å². The van der Waals surface area contributed by atoms with Gasteiger partial charge >= 0.3 is 0 Å². The van der Waals surface area contributed by atoms with Crippen molar-refractivity contribution < 1.29 is 4.79 Å². The van der Waals surface area contributed by atoms with E-state index >= 15 is 0 Å². The highest BCUT2D eigenvalue weighted by atomic mass is 127. The lowest BCUT2D eigenvalue weighted by molar-refractivity contribution is -0.133. The fraction of sp³-hybridized carbons (Fsp3) is 0.522. The third-order valence-electron chi connectivity index (χ3n) is 6.08. The Bertz CT molecular complexity index is 872. The number of carbonyl (C=O) groups excluding carboxylic acids is 1. The van der Waals surface area contributed by atoms with Crippen molar-refractivity contribution in [2.24, 2.45) is 4.99 Å². The number of benzene rings is 1. The molecule has 32 heavy (non-hydrogen) atoms. The fourth-order valence-electron chi connectivity index (χ4n) is 4.30. The average molecular weight is 551 g/mol. The number of likely N-dealkylation sites (tertiary alicyclic amines) is 1. The summed E-state index contributed by atoms with van der Waals surface area (Å²) in [5.41, 5.74) is 2.23. The highest BCUT2D eigenvalue weighted by molar-refractivity contribution is 14.0. The van der Waals surface area contributed by atoms with Crippen LogP contribution in [0.25, 0.3) is 5.69 Å². The first kappa shape index (κ1) is 24.5. The number of amides is 1. The van der Waals surface area contributed by atoms with Gasteiger partial charge in [0, 0.05) is 65.3 Å². The maximum atomic E-state index is 12.5. The quantitative estimate of drug-likeness (QED) is 0.351. The number of halogens is 1. The number of aromatic nitrogens is 2. The molecule has 0 spiro atoms. The lowest BCUT2D eigenvalue weighted by atomic mass is 10.1. The Morgan fingerprint density at radius 1 is 1.03 bits per heavy atom. The molecule has 9 heteroatoms. The van der Waals surface area contributed by atoms with E-state index in [2.05, 4.69) is 49.5 Å². The van der Waals surface area contributed by atoms with Crippen molar-refractivity contribution in [1.82, 2.24) is 29.8 Å². The molecule has 2 aliphatic heterocycles. The number of guanidine groups is 1. The number of carbonyl (C=O) groups is 1. The molecule has 1 aromatic heterocycles. The Morgan fingerprint density at radius 2 is 1.81 bits per heavy atom. The highest BCUT2D eigenvalue weighted by Gasteiger charge is 2.24. The van der Waals surface area contributed by atoms with Gasteiger partial charge in [0.2, 0.25) is 5.91 Å². The number of nitrogens with zero attached hydrogens (tertiary/aromatic N) is 6. The smallest absolute Gasteiger partial charge is 0.236 e. The van der Waals surface area contributed by atoms with Gasteiger partial charge < -0.3 is 15.1 Å². The topological polar surface area (TPSA) is 69.0 Å². The van der Waals surface area contributed by atoms with E-state index in [4.69, 9.17) is 0 Å². The molecule has 0 radical (unpaired) electrons. The van der Waals surface area contributed by atoms with Crippen LogP contribution in [0.1, 0.15) is 24.8 Å². The van der Waals surface area contributed by atoms with Crippen molar-refractivity contribution >= 4 is 35.8 Å². The summed E-state index contributed by atoms with van der Waals surface area (Å²) in [7, 11) is 1.83. The van der Waals surface area contributed by atoms with Gasteiger partial charge in [-0.2, -0.15) is 5.10 Å². The molecular formula is C23H34IN7O. The predicted molar refractivity (Wildman–Crippen MR) is 138 cm³/mol. The first-order valence-corrected chi connectivity index (χ1v) is 11.3. The zero-order valence-electron chi connectivity index (χ0n) is 18.8. The largest absolute Gasteiger partial charge is 0.352 e. The van der Waals surface area contributed by atoms with Crippen molar-refractivity contribution in [3.63, 3.8) is 0 Å². The number of piperazine rings is 1. The number of piperidine rings is 1. The third kappa shape index (κ3) is 6.44. The van der Waals surface area contributed by atoms with Crippen molar-refractivity contribution in [2.45, 2.75) is 25.8 Å². The van der Waals surface area contributed by atoms with E-state index in [1.807, 2.05) is 28.9 Å². The van der Waals surface area contributed by atoms with Gasteiger partial charge in [-0.15, -0.1) is 24.0 Å². The minimum absolute atomic E-state index is 0. The molecule has 0 unspecified atom stereocenters. The van der Waals surface area contributed by atoms with Crippen LogP contribution < -0.4 is 5.32 Å². The monoisotopic (exact) mass is 551 g/mol. The van der Waals surface area contributed by atoms with E-state index in [1.165, 1.54) is 12.0 Å². The zero-order valence-corrected chi connectivity index (χ0v) is 21.1. The Hall–Kier alpha value is -2.14. The Labute approximate surface area is 207 Å². The molecule has 1 amide bonds. The van der Waals surface area contributed by atoms with E-state index in [0.29, 0.717) is 13.1 Å². The summed E-state index contributed by atoms with van der Waals surface area (Å²) in [4.78, 5) is 23.6.